The van der Waals surface area contributed by atoms with Crippen LogP contribution in [0.3, 0.4) is 0 Å². The fourth-order valence-corrected chi connectivity index (χ4v) is 2.48. The zero-order valence-electron chi connectivity index (χ0n) is 11.6. The predicted octanol–water partition coefficient (Wildman–Crippen LogP) is 3.15. The number of carbonyl (C=O) groups is 2. The molecule has 2 amide bonds. The molecule has 0 radical (unpaired) electrons. The third-order valence-corrected chi connectivity index (χ3v) is 3.77. The van der Waals surface area contributed by atoms with Crippen molar-refractivity contribution in [2.24, 2.45) is 0 Å². The molecule has 0 spiro atoms. The topological polar surface area (TPSA) is 69.6 Å². The van der Waals surface area contributed by atoms with Gasteiger partial charge in [-0.1, -0.05) is 18.2 Å². The molecular weight excluding hydrogens is 288 g/mol. The van der Waals surface area contributed by atoms with Crippen LogP contribution in [0.2, 0.25) is 0 Å². The molecule has 0 fully saturated rings. The number of urea groups is 1. The molecule has 1 aromatic carbocycles. The van der Waals surface area contributed by atoms with Crippen LogP contribution in [0.1, 0.15) is 15.9 Å². The normalized spacial score (nSPS) is 10.1. The molecule has 0 aliphatic rings. The Kier molecular flexibility index (Phi) is 4.94. The molecule has 5 nitrogen and oxygen atoms in total. The first-order valence-corrected chi connectivity index (χ1v) is 7.37. The first-order chi connectivity index (χ1) is 10.1. The van der Waals surface area contributed by atoms with Crippen molar-refractivity contribution >= 4 is 29.0 Å². The van der Waals surface area contributed by atoms with Crippen LogP contribution < -0.4 is 5.32 Å². The van der Waals surface area contributed by atoms with Crippen LogP contribution in [0.15, 0.2) is 41.1 Å². The number of hydrogen-bond donors (Lipinski definition) is 2. The molecular formula is C15H16N2O3S. The number of benzene rings is 1. The molecule has 2 N–H and O–H groups in total. The highest BCUT2D eigenvalue weighted by atomic mass is 32.1. The third-order valence-electron chi connectivity index (χ3n) is 3.08. The molecule has 2 rings (SSSR count). The minimum atomic E-state index is -0.948. The lowest BCUT2D eigenvalue weighted by Gasteiger charge is -2.18. The molecule has 1 heterocycles. The molecule has 110 valence electrons. The second-order valence-corrected chi connectivity index (χ2v) is 5.36. The van der Waals surface area contributed by atoms with Gasteiger partial charge in [0.1, 0.15) is 0 Å². The van der Waals surface area contributed by atoms with Crippen LogP contribution in [-0.2, 0) is 6.42 Å². The highest BCUT2D eigenvalue weighted by Gasteiger charge is 2.12. The molecule has 0 saturated heterocycles. The zero-order valence-corrected chi connectivity index (χ0v) is 12.4. The number of anilines is 1. The Morgan fingerprint density at radius 1 is 1.29 bits per heavy atom. The number of aromatic carboxylic acids is 1. The van der Waals surface area contributed by atoms with E-state index in [4.69, 9.17) is 5.11 Å². The average molecular weight is 304 g/mol. The largest absolute Gasteiger partial charge is 0.478 e. The Balaban J connectivity index is 1.93. The number of amides is 2. The van der Waals surface area contributed by atoms with E-state index in [0.29, 0.717) is 13.0 Å². The number of hydrogen-bond acceptors (Lipinski definition) is 3. The fourth-order valence-electron chi connectivity index (χ4n) is 1.89. The van der Waals surface area contributed by atoms with Crippen molar-refractivity contribution in [2.45, 2.75) is 6.42 Å². The standard InChI is InChI=1S/C15H16N2O3S/c1-17(15(20)16-12-7-9-21-10-12)8-6-11-4-2-3-5-13(11)14(18)19/h2-5,7,9-10H,6,8H2,1H3,(H,16,20)(H,18,19). The lowest BCUT2D eigenvalue weighted by atomic mass is 10.0. The summed E-state index contributed by atoms with van der Waals surface area (Å²) < 4.78 is 0. The number of carbonyl (C=O) groups excluding carboxylic acids is 1. The molecule has 0 saturated carbocycles. The number of thiophene rings is 1. The van der Waals surface area contributed by atoms with Gasteiger partial charge in [-0.25, -0.2) is 9.59 Å². The maximum absolute atomic E-state index is 12.0. The van der Waals surface area contributed by atoms with Gasteiger partial charge < -0.3 is 15.3 Å². The maximum Gasteiger partial charge on any atom is 0.335 e. The van der Waals surface area contributed by atoms with Gasteiger partial charge in [-0.2, -0.15) is 11.3 Å². The Hall–Kier alpha value is -2.34. The van der Waals surface area contributed by atoms with E-state index in [9.17, 15) is 9.59 Å². The van der Waals surface area contributed by atoms with Crippen LogP contribution in [-0.4, -0.2) is 35.6 Å². The van der Waals surface area contributed by atoms with Crippen LogP contribution >= 0.6 is 11.3 Å². The average Bonchev–Trinajstić information content (AvgIpc) is 2.97. The van der Waals surface area contributed by atoms with E-state index in [-0.39, 0.29) is 11.6 Å². The summed E-state index contributed by atoms with van der Waals surface area (Å²) in [5, 5.41) is 15.6. The summed E-state index contributed by atoms with van der Waals surface area (Å²) in [5.74, 6) is -0.948. The van der Waals surface area contributed by atoms with E-state index in [2.05, 4.69) is 5.32 Å². The smallest absolute Gasteiger partial charge is 0.335 e. The Bertz CT molecular complexity index is 626. The molecule has 0 aliphatic carbocycles. The number of carboxylic acid groups (broad SMARTS) is 1. The molecule has 6 heteroatoms. The van der Waals surface area contributed by atoms with Crippen LogP contribution in [0.5, 0.6) is 0 Å². The van der Waals surface area contributed by atoms with E-state index in [1.54, 1.807) is 31.3 Å². The van der Waals surface area contributed by atoms with E-state index >= 15 is 0 Å². The monoisotopic (exact) mass is 304 g/mol. The lowest BCUT2D eigenvalue weighted by Crippen LogP contribution is -2.33. The van der Waals surface area contributed by atoms with Gasteiger partial charge in [0, 0.05) is 19.0 Å². The second kappa shape index (κ2) is 6.90. The van der Waals surface area contributed by atoms with Crippen molar-refractivity contribution in [3.8, 4) is 0 Å². The minimum Gasteiger partial charge on any atom is -0.478 e. The zero-order chi connectivity index (χ0) is 15.2. The number of rotatable bonds is 5. The van der Waals surface area contributed by atoms with Gasteiger partial charge in [-0.3, -0.25) is 0 Å². The molecule has 1 aromatic heterocycles. The number of likely N-dealkylation sites (N-methyl/N-ethyl adjacent to an activating group) is 1. The molecule has 0 unspecified atom stereocenters. The van der Waals surface area contributed by atoms with Gasteiger partial charge in [0.25, 0.3) is 0 Å². The van der Waals surface area contributed by atoms with Gasteiger partial charge >= 0.3 is 12.0 Å². The molecule has 21 heavy (non-hydrogen) atoms. The summed E-state index contributed by atoms with van der Waals surface area (Å²) in [6, 6.07) is 8.46. The van der Waals surface area contributed by atoms with Crippen molar-refractivity contribution in [1.29, 1.82) is 0 Å². The van der Waals surface area contributed by atoms with Crippen LogP contribution in [0.4, 0.5) is 10.5 Å². The van der Waals surface area contributed by atoms with E-state index in [0.717, 1.165) is 11.3 Å². The maximum atomic E-state index is 12.0. The third kappa shape index (κ3) is 4.06. The highest BCUT2D eigenvalue weighted by Crippen LogP contribution is 2.13. The number of nitrogens with zero attached hydrogens (tertiary/aromatic N) is 1. The molecule has 0 atom stereocenters. The van der Waals surface area contributed by atoms with Gasteiger partial charge in [0.2, 0.25) is 0 Å². The lowest BCUT2D eigenvalue weighted by molar-refractivity contribution is 0.0695. The summed E-state index contributed by atoms with van der Waals surface area (Å²) in [5.41, 5.74) is 1.77. The van der Waals surface area contributed by atoms with Crippen molar-refractivity contribution in [3.63, 3.8) is 0 Å². The van der Waals surface area contributed by atoms with E-state index in [1.165, 1.54) is 16.2 Å². The summed E-state index contributed by atoms with van der Waals surface area (Å²) >= 11 is 1.51. The Labute approximate surface area is 126 Å². The minimum absolute atomic E-state index is 0.207. The number of carboxylic acids is 1. The fraction of sp³-hybridized carbons (Fsp3) is 0.200. The van der Waals surface area contributed by atoms with Crippen LogP contribution in [0.25, 0.3) is 0 Å². The van der Waals surface area contributed by atoms with Gasteiger partial charge in [0.15, 0.2) is 0 Å². The van der Waals surface area contributed by atoms with E-state index < -0.39 is 5.97 Å². The quantitative estimate of drug-likeness (QED) is 0.891. The van der Waals surface area contributed by atoms with Crippen molar-refractivity contribution in [1.82, 2.24) is 4.90 Å². The summed E-state index contributed by atoms with van der Waals surface area (Å²) in [6.07, 6.45) is 0.496. The van der Waals surface area contributed by atoms with Gasteiger partial charge in [-0.05, 0) is 29.5 Å². The SMILES string of the molecule is CN(CCc1ccccc1C(=O)O)C(=O)Nc1ccsc1. The molecule has 0 aliphatic heterocycles. The van der Waals surface area contributed by atoms with E-state index in [1.807, 2.05) is 16.8 Å². The summed E-state index contributed by atoms with van der Waals surface area (Å²) in [7, 11) is 1.69. The summed E-state index contributed by atoms with van der Waals surface area (Å²) in [6.45, 7) is 0.445. The van der Waals surface area contributed by atoms with Crippen LogP contribution in [0, 0.1) is 0 Å². The summed E-state index contributed by atoms with van der Waals surface area (Å²) in [4.78, 5) is 24.6. The molecule has 2 aromatic rings. The number of nitrogens with one attached hydrogen (secondary N) is 1. The predicted molar refractivity (Wildman–Crippen MR) is 83.1 cm³/mol. The first kappa shape index (κ1) is 15.1. The van der Waals surface area contributed by atoms with Crippen molar-refractivity contribution in [3.05, 3.63) is 52.2 Å². The van der Waals surface area contributed by atoms with Crippen molar-refractivity contribution < 1.29 is 14.7 Å². The van der Waals surface area contributed by atoms with Gasteiger partial charge in [0.05, 0.1) is 11.3 Å². The second-order valence-electron chi connectivity index (χ2n) is 4.58. The molecule has 0 bridgehead atoms. The van der Waals surface area contributed by atoms with Crippen molar-refractivity contribution in [2.75, 3.05) is 18.9 Å². The highest BCUT2D eigenvalue weighted by molar-refractivity contribution is 7.08. The van der Waals surface area contributed by atoms with Gasteiger partial charge in [-0.15, -0.1) is 0 Å². The first-order valence-electron chi connectivity index (χ1n) is 6.43. The Morgan fingerprint density at radius 2 is 2.05 bits per heavy atom. The Morgan fingerprint density at radius 3 is 2.71 bits per heavy atom.